The maximum absolute atomic E-state index is 13.0. The quantitative estimate of drug-likeness (QED) is 0.109. The Kier molecular flexibility index (Phi) is 13.2. The number of anilines is 1. The molecule has 3 rings (SSSR count). The van der Waals surface area contributed by atoms with E-state index in [1.165, 1.54) is 10.2 Å². The van der Waals surface area contributed by atoms with Crippen molar-refractivity contribution in [1.29, 1.82) is 0 Å². The van der Waals surface area contributed by atoms with Crippen molar-refractivity contribution in [3.05, 3.63) is 41.7 Å². The lowest BCUT2D eigenvalue weighted by Crippen LogP contribution is -2.48. The Morgan fingerprint density at radius 3 is 2.65 bits per heavy atom. The highest BCUT2D eigenvalue weighted by molar-refractivity contribution is 5.90. The van der Waals surface area contributed by atoms with Gasteiger partial charge in [-0.1, -0.05) is 44.5 Å². The smallest absolute Gasteiger partial charge is 0.328 e. The Labute approximate surface area is 253 Å². The number of hydrogen-bond donors (Lipinski definition) is 2. The highest BCUT2D eigenvalue weighted by Gasteiger charge is 2.43. The van der Waals surface area contributed by atoms with E-state index in [-0.39, 0.29) is 36.4 Å². The van der Waals surface area contributed by atoms with E-state index < -0.39 is 18.1 Å². The van der Waals surface area contributed by atoms with E-state index in [1.807, 2.05) is 38.1 Å². The van der Waals surface area contributed by atoms with Crippen LogP contribution < -0.4 is 10.6 Å². The highest BCUT2D eigenvalue weighted by atomic mass is 16.6. The predicted octanol–water partition coefficient (Wildman–Crippen LogP) is 3.61. The van der Waals surface area contributed by atoms with Crippen LogP contribution in [-0.4, -0.2) is 57.5 Å². The number of terminal acetylenes is 1. The van der Waals surface area contributed by atoms with Crippen LogP contribution >= 0.6 is 0 Å². The number of nitrogens with zero attached hydrogens (tertiary/aromatic N) is 3. The molecule has 2 amide bonds. The van der Waals surface area contributed by atoms with Gasteiger partial charge in [-0.2, -0.15) is 0 Å². The largest absolute Gasteiger partial charge is 0.461 e. The molecule has 4 atom stereocenters. The van der Waals surface area contributed by atoms with Gasteiger partial charge in [0.25, 0.3) is 0 Å². The van der Waals surface area contributed by atoms with Crippen LogP contribution in [0.15, 0.2) is 30.5 Å². The molecule has 2 N–H and O–H groups in total. The Morgan fingerprint density at radius 2 is 2.00 bits per heavy atom. The van der Waals surface area contributed by atoms with E-state index in [9.17, 15) is 19.2 Å². The minimum absolute atomic E-state index is 0.00538. The standard InChI is InChI=1S/C32H43N5O6/c1-5-7-8-9-10-27-29(43-31(27)40)18-26(42-32(41)28(33-21-38)17-22(3)4)16-15-25-19-37(36-35-25)20-30(39)34-24-13-11-23(6-2)12-14-24/h1,11-14,19,21-22,26-29H,6-10,15-18,20H2,2-4H3,(H,33,38)(H,34,39)/t26-,27-,28-,29-/m0/s1. The number of aryl methyl sites for hydroxylation is 2. The van der Waals surface area contributed by atoms with Crippen LogP contribution in [0.1, 0.15) is 77.0 Å². The summed E-state index contributed by atoms with van der Waals surface area (Å²) in [5, 5.41) is 13.7. The number of hydrogen-bond acceptors (Lipinski definition) is 8. The maximum Gasteiger partial charge on any atom is 0.328 e. The van der Waals surface area contributed by atoms with Crippen LogP contribution in [0, 0.1) is 24.2 Å². The van der Waals surface area contributed by atoms with E-state index >= 15 is 0 Å². The zero-order valence-corrected chi connectivity index (χ0v) is 25.3. The van der Waals surface area contributed by atoms with Crippen LogP contribution in [0.2, 0.25) is 0 Å². The van der Waals surface area contributed by atoms with Crippen molar-refractivity contribution in [3.63, 3.8) is 0 Å². The van der Waals surface area contributed by atoms with Gasteiger partial charge in [0, 0.05) is 24.7 Å². The molecule has 0 unspecified atom stereocenters. The number of esters is 2. The molecule has 0 radical (unpaired) electrons. The van der Waals surface area contributed by atoms with Crippen molar-refractivity contribution in [1.82, 2.24) is 20.3 Å². The van der Waals surface area contributed by atoms with E-state index in [1.54, 1.807) is 6.20 Å². The summed E-state index contributed by atoms with van der Waals surface area (Å²) in [5.41, 5.74) is 2.52. The Hall–Kier alpha value is -4.20. The first-order valence-electron chi connectivity index (χ1n) is 15.0. The zero-order valence-electron chi connectivity index (χ0n) is 25.3. The first-order valence-corrected chi connectivity index (χ1v) is 15.0. The summed E-state index contributed by atoms with van der Waals surface area (Å²) in [6, 6.07) is 6.89. The molecule has 2 aromatic rings. The first kappa shape index (κ1) is 33.3. The molecule has 0 spiro atoms. The second-order valence-electron chi connectivity index (χ2n) is 11.3. The molecule has 232 valence electrons. The summed E-state index contributed by atoms with van der Waals surface area (Å²) in [5.74, 6) is 1.48. The predicted molar refractivity (Wildman–Crippen MR) is 160 cm³/mol. The molecule has 2 heterocycles. The average molecular weight is 594 g/mol. The third-order valence-corrected chi connectivity index (χ3v) is 7.40. The normalized spacial score (nSPS) is 17.2. The number of aromatic nitrogens is 3. The number of carbonyl (C=O) groups excluding carboxylic acids is 4. The van der Waals surface area contributed by atoms with Crippen molar-refractivity contribution in [3.8, 4) is 12.3 Å². The molecule has 1 aliphatic rings. The molecule has 1 aromatic heterocycles. The summed E-state index contributed by atoms with van der Waals surface area (Å²) in [7, 11) is 0. The lowest BCUT2D eigenvalue weighted by atomic mass is 9.86. The van der Waals surface area contributed by atoms with Gasteiger partial charge < -0.3 is 20.1 Å². The Bertz CT molecular complexity index is 1250. The van der Waals surface area contributed by atoms with Crippen LogP contribution in [0.3, 0.4) is 0 Å². The summed E-state index contributed by atoms with van der Waals surface area (Å²) in [6.45, 7) is 5.97. The summed E-state index contributed by atoms with van der Waals surface area (Å²) < 4.78 is 12.8. The minimum atomic E-state index is -0.777. The molecule has 43 heavy (non-hydrogen) atoms. The van der Waals surface area contributed by atoms with Crippen molar-refractivity contribution in [2.75, 3.05) is 5.32 Å². The van der Waals surface area contributed by atoms with Gasteiger partial charge in [-0.15, -0.1) is 17.4 Å². The molecule has 11 nitrogen and oxygen atoms in total. The monoisotopic (exact) mass is 593 g/mol. The number of amides is 2. The van der Waals surface area contributed by atoms with Crippen molar-refractivity contribution in [2.45, 2.75) is 103 Å². The number of rotatable bonds is 19. The Balaban J connectivity index is 1.60. The number of ether oxygens (including phenoxy) is 2. The fourth-order valence-electron chi connectivity index (χ4n) is 5.03. The van der Waals surface area contributed by atoms with Gasteiger partial charge in [-0.25, -0.2) is 9.48 Å². The van der Waals surface area contributed by atoms with E-state index in [0.29, 0.717) is 56.3 Å². The van der Waals surface area contributed by atoms with Crippen LogP contribution in [0.25, 0.3) is 0 Å². The summed E-state index contributed by atoms with van der Waals surface area (Å²) in [6.07, 6.45) is 12.0. The second kappa shape index (κ2) is 17.0. The number of unbranched alkanes of at least 4 members (excludes halogenated alkanes) is 2. The molecule has 11 heteroatoms. The molecular formula is C32H43N5O6. The first-order chi connectivity index (χ1) is 20.7. The van der Waals surface area contributed by atoms with Gasteiger partial charge in [0.05, 0.1) is 11.6 Å². The molecule has 0 saturated carbocycles. The van der Waals surface area contributed by atoms with E-state index in [2.05, 4.69) is 33.8 Å². The van der Waals surface area contributed by atoms with Gasteiger partial charge in [0.15, 0.2) is 0 Å². The van der Waals surface area contributed by atoms with Crippen molar-refractivity contribution < 1.29 is 28.7 Å². The third-order valence-electron chi connectivity index (χ3n) is 7.40. The van der Waals surface area contributed by atoms with Crippen molar-refractivity contribution in [2.24, 2.45) is 11.8 Å². The van der Waals surface area contributed by atoms with Gasteiger partial charge >= 0.3 is 11.9 Å². The fourth-order valence-corrected chi connectivity index (χ4v) is 5.03. The molecule has 1 aliphatic heterocycles. The second-order valence-corrected chi connectivity index (χ2v) is 11.3. The summed E-state index contributed by atoms with van der Waals surface area (Å²) in [4.78, 5) is 48.8. The van der Waals surface area contributed by atoms with Gasteiger partial charge in [-0.05, 0) is 62.1 Å². The SMILES string of the molecule is C#CCCCC[C@@H]1C(=O)O[C@H]1C[C@H](CCc1cn(CC(=O)Nc2ccc(CC)cc2)nn1)OC(=O)[C@H](CC(C)C)NC=O. The molecular weight excluding hydrogens is 550 g/mol. The van der Waals surface area contributed by atoms with Crippen molar-refractivity contribution >= 4 is 29.9 Å². The lowest BCUT2D eigenvalue weighted by molar-refractivity contribution is -0.190. The number of carbonyl (C=O) groups is 4. The number of cyclic esters (lactones) is 1. The van der Waals surface area contributed by atoms with E-state index in [4.69, 9.17) is 15.9 Å². The molecule has 0 aliphatic carbocycles. The van der Waals surface area contributed by atoms with Gasteiger partial charge in [0.2, 0.25) is 12.3 Å². The van der Waals surface area contributed by atoms with Gasteiger partial charge in [-0.3, -0.25) is 14.4 Å². The third kappa shape index (κ3) is 10.9. The van der Waals surface area contributed by atoms with Crippen LogP contribution in [0.4, 0.5) is 5.69 Å². The highest BCUT2D eigenvalue weighted by Crippen LogP contribution is 2.32. The molecule has 1 aromatic carbocycles. The summed E-state index contributed by atoms with van der Waals surface area (Å²) >= 11 is 0. The van der Waals surface area contributed by atoms with Gasteiger partial charge in [0.1, 0.15) is 24.8 Å². The molecule has 0 bridgehead atoms. The van der Waals surface area contributed by atoms with Crippen LogP contribution in [-0.2, 0) is 48.0 Å². The molecule has 1 saturated heterocycles. The lowest BCUT2D eigenvalue weighted by Gasteiger charge is -2.37. The number of nitrogens with one attached hydrogen (secondary N) is 2. The fraction of sp³-hybridized carbons (Fsp3) is 0.562. The number of benzene rings is 1. The topological polar surface area (TPSA) is 142 Å². The van der Waals surface area contributed by atoms with Crippen LogP contribution in [0.5, 0.6) is 0 Å². The average Bonchev–Trinajstić information content (AvgIpc) is 3.42. The zero-order chi connectivity index (χ0) is 31.2. The maximum atomic E-state index is 13.0. The minimum Gasteiger partial charge on any atom is -0.461 e. The molecule has 1 fully saturated rings. The Morgan fingerprint density at radius 1 is 1.23 bits per heavy atom. The van der Waals surface area contributed by atoms with E-state index in [0.717, 1.165) is 19.3 Å².